The third kappa shape index (κ3) is 5.52. The highest BCUT2D eigenvalue weighted by atomic mass is 19.1. The number of carbonyl (C=O) groups excluding carboxylic acids is 1. The molecule has 1 amide bonds. The molecule has 1 saturated heterocycles. The molecule has 5 aromatic rings. The van der Waals surface area contributed by atoms with Gasteiger partial charge < -0.3 is 29.8 Å². The van der Waals surface area contributed by atoms with Gasteiger partial charge in [-0.25, -0.2) is 9.37 Å². The van der Waals surface area contributed by atoms with Crippen molar-refractivity contribution >= 4 is 34.2 Å². The topological polar surface area (TPSA) is 126 Å². The second kappa shape index (κ2) is 11.4. The molecule has 1 aliphatic heterocycles. The smallest absolute Gasteiger partial charge is 0.251 e. The minimum absolute atomic E-state index is 0.0380. The first-order valence-corrected chi connectivity index (χ1v) is 14.0. The maximum Gasteiger partial charge on any atom is 0.251 e. The summed E-state index contributed by atoms with van der Waals surface area (Å²) in [5.41, 5.74) is 9.95. The number of hydrogen-bond donors (Lipinski definition) is 2. The van der Waals surface area contributed by atoms with E-state index in [1.807, 2.05) is 53.6 Å². The zero-order chi connectivity index (χ0) is 29.4. The molecular formula is C29H35FN10O2. The molecule has 0 radical (unpaired) electrons. The fraction of sp³-hybridized carbons (Fsp3) is 0.379. The van der Waals surface area contributed by atoms with Crippen molar-refractivity contribution in [3.63, 3.8) is 0 Å². The molecule has 6 rings (SSSR count). The summed E-state index contributed by atoms with van der Waals surface area (Å²) in [6, 6.07) is 10.3. The molecule has 13 heteroatoms. The molecule has 1 atom stereocenters. The van der Waals surface area contributed by atoms with E-state index in [0.717, 1.165) is 30.7 Å². The Morgan fingerprint density at radius 3 is 2.69 bits per heavy atom. The SMILES string of the molecule is C[C@H](CN(C)C)NC(=O)c1ccc(N2CCN(CCn3cnc4c3nc(N)n3nc(-c5ccco5)cc43)CC2)c(F)c1. The van der Waals surface area contributed by atoms with Crippen LogP contribution in [0.5, 0.6) is 0 Å². The van der Waals surface area contributed by atoms with Gasteiger partial charge in [-0.1, -0.05) is 0 Å². The van der Waals surface area contributed by atoms with Crippen LogP contribution in [0.1, 0.15) is 17.3 Å². The normalized spacial score (nSPS) is 15.2. The summed E-state index contributed by atoms with van der Waals surface area (Å²) < 4.78 is 24.1. The number of likely N-dealkylation sites (N-methyl/N-ethyl adjacent to an activating group) is 1. The second-order valence-corrected chi connectivity index (χ2v) is 11.0. The van der Waals surface area contributed by atoms with Crippen LogP contribution in [0.3, 0.4) is 0 Å². The lowest BCUT2D eigenvalue weighted by molar-refractivity contribution is 0.0934. The maximum absolute atomic E-state index is 15.1. The largest absolute Gasteiger partial charge is 0.463 e. The number of rotatable bonds is 9. The van der Waals surface area contributed by atoms with Gasteiger partial charge in [0.15, 0.2) is 11.4 Å². The van der Waals surface area contributed by atoms with Gasteiger partial charge in [0.1, 0.15) is 22.5 Å². The van der Waals surface area contributed by atoms with Crippen molar-refractivity contribution in [2.45, 2.75) is 19.5 Å². The molecule has 0 spiro atoms. The Morgan fingerprint density at radius 1 is 1.17 bits per heavy atom. The maximum atomic E-state index is 15.1. The van der Waals surface area contributed by atoms with Crippen LogP contribution >= 0.6 is 0 Å². The number of aromatic nitrogens is 5. The lowest BCUT2D eigenvalue weighted by Gasteiger charge is -2.36. The van der Waals surface area contributed by atoms with Gasteiger partial charge >= 0.3 is 0 Å². The molecule has 1 aromatic carbocycles. The van der Waals surface area contributed by atoms with Crippen LogP contribution in [0, 0.1) is 5.82 Å². The molecule has 3 N–H and O–H groups in total. The van der Waals surface area contributed by atoms with Crippen molar-refractivity contribution in [3.05, 3.63) is 60.4 Å². The molecule has 220 valence electrons. The number of nitrogen functional groups attached to an aromatic ring is 1. The van der Waals surface area contributed by atoms with Gasteiger partial charge in [-0.15, -0.1) is 0 Å². The van der Waals surface area contributed by atoms with Gasteiger partial charge in [0, 0.05) is 57.4 Å². The van der Waals surface area contributed by atoms with Gasteiger partial charge in [-0.3, -0.25) is 9.69 Å². The van der Waals surface area contributed by atoms with Crippen LogP contribution in [0.25, 0.3) is 28.1 Å². The van der Waals surface area contributed by atoms with Crippen molar-refractivity contribution in [1.82, 2.24) is 39.3 Å². The number of furan rings is 1. The summed E-state index contributed by atoms with van der Waals surface area (Å²) in [5, 5.41) is 7.45. The van der Waals surface area contributed by atoms with Crippen LogP contribution < -0.4 is 16.0 Å². The number of fused-ring (bicyclic) bond motifs is 3. The first-order valence-electron chi connectivity index (χ1n) is 14.0. The van der Waals surface area contributed by atoms with Crippen molar-refractivity contribution < 1.29 is 13.6 Å². The molecule has 4 aromatic heterocycles. The van der Waals surface area contributed by atoms with Crippen LogP contribution in [0.4, 0.5) is 16.0 Å². The average molecular weight is 575 g/mol. The molecular weight excluding hydrogens is 539 g/mol. The van der Waals surface area contributed by atoms with E-state index in [0.29, 0.717) is 54.5 Å². The Labute approximate surface area is 242 Å². The van der Waals surface area contributed by atoms with Gasteiger partial charge in [-0.05, 0) is 57.4 Å². The highest BCUT2D eigenvalue weighted by molar-refractivity contribution is 5.95. The lowest BCUT2D eigenvalue weighted by atomic mass is 10.1. The molecule has 0 aliphatic carbocycles. The summed E-state index contributed by atoms with van der Waals surface area (Å²) in [6.07, 6.45) is 3.38. The molecule has 0 bridgehead atoms. The van der Waals surface area contributed by atoms with Crippen molar-refractivity contribution in [2.75, 3.05) is 64.0 Å². The minimum atomic E-state index is -0.383. The Balaban J connectivity index is 1.07. The van der Waals surface area contributed by atoms with Gasteiger partial charge in [0.25, 0.3) is 5.91 Å². The Morgan fingerprint density at radius 2 is 1.98 bits per heavy atom. The molecule has 12 nitrogen and oxygen atoms in total. The first kappa shape index (κ1) is 27.7. The fourth-order valence-corrected chi connectivity index (χ4v) is 5.53. The van der Waals surface area contributed by atoms with Crippen molar-refractivity contribution in [2.24, 2.45) is 0 Å². The van der Waals surface area contributed by atoms with Gasteiger partial charge in [0.05, 0.1) is 18.3 Å². The van der Waals surface area contributed by atoms with E-state index in [4.69, 9.17) is 10.2 Å². The predicted molar refractivity (Wildman–Crippen MR) is 159 cm³/mol. The zero-order valence-electron chi connectivity index (χ0n) is 24.0. The molecule has 5 heterocycles. The number of anilines is 2. The highest BCUT2D eigenvalue weighted by Gasteiger charge is 2.22. The molecule has 0 saturated carbocycles. The predicted octanol–water partition coefficient (Wildman–Crippen LogP) is 2.56. The number of benzene rings is 1. The Hall–Kier alpha value is -4.49. The van der Waals surface area contributed by atoms with Crippen molar-refractivity contribution in [3.8, 4) is 11.5 Å². The van der Waals surface area contributed by atoms with Crippen LogP contribution in [0.15, 0.2) is 53.4 Å². The van der Waals surface area contributed by atoms with Crippen LogP contribution in [-0.2, 0) is 6.54 Å². The monoisotopic (exact) mass is 574 g/mol. The fourth-order valence-electron chi connectivity index (χ4n) is 5.53. The average Bonchev–Trinajstić information content (AvgIpc) is 3.72. The van der Waals surface area contributed by atoms with E-state index in [-0.39, 0.29) is 23.7 Å². The summed E-state index contributed by atoms with van der Waals surface area (Å²) in [7, 11) is 3.89. The van der Waals surface area contributed by atoms with Crippen LogP contribution in [0.2, 0.25) is 0 Å². The number of amides is 1. The second-order valence-electron chi connectivity index (χ2n) is 11.0. The third-order valence-electron chi connectivity index (χ3n) is 7.57. The number of nitrogens with two attached hydrogens (primary N) is 1. The van der Waals surface area contributed by atoms with E-state index in [2.05, 4.69) is 25.3 Å². The number of carbonyl (C=O) groups is 1. The number of nitrogens with one attached hydrogen (secondary N) is 1. The number of nitrogens with zero attached hydrogens (tertiary/aromatic N) is 8. The highest BCUT2D eigenvalue weighted by Crippen LogP contribution is 2.26. The minimum Gasteiger partial charge on any atom is -0.463 e. The number of piperazine rings is 1. The summed E-state index contributed by atoms with van der Waals surface area (Å²) in [5.74, 6) is 0.275. The summed E-state index contributed by atoms with van der Waals surface area (Å²) >= 11 is 0. The zero-order valence-corrected chi connectivity index (χ0v) is 24.0. The lowest BCUT2D eigenvalue weighted by Crippen LogP contribution is -2.47. The number of imidazole rings is 1. The van der Waals surface area contributed by atoms with Gasteiger partial charge in [0.2, 0.25) is 5.95 Å². The summed E-state index contributed by atoms with van der Waals surface area (Å²) in [4.78, 5) is 28.1. The number of halogens is 1. The van der Waals surface area contributed by atoms with Crippen LogP contribution in [-0.4, -0.2) is 99.3 Å². The molecule has 42 heavy (non-hydrogen) atoms. The van der Waals surface area contributed by atoms with Crippen molar-refractivity contribution in [1.29, 1.82) is 0 Å². The molecule has 1 aliphatic rings. The summed E-state index contributed by atoms with van der Waals surface area (Å²) in [6.45, 7) is 7.05. The third-order valence-corrected chi connectivity index (χ3v) is 7.57. The Kier molecular flexibility index (Phi) is 7.52. The van der Waals surface area contributed by atoms with E-state index < -0.39 is 0 Å². The Bertz CT molecular complexity index is 1700. The first-order chi connectivity index (χ1) is 20.3. The molecule has 1 fully saturated rings. The van der Waals surface area contributed by atoms with E-state index in [9.17, 15) is 4.79 Å². The van der Waals surface area contributed by atoms with E-state index in [1.54, 1.807) is 29.2 Å². The quantitative estimate of drug-likeness (QED) is 0.273. The molecule has 0 unspecified atom stereocenters. The number of hydrogen-bond acceptors (Lipinski definition) is 9. The van der Waals surface area contributed by atoms with E-state index >= 15 is 4.39 Å². The standard InChI is InChI=1S/C29H35FN10O2/c1-19(17-36(2)3)33-28(41)20-6-7-23(21(30)15-20)38-11-8-37(9-12-38)10-13-39-18-32-26-24-16-22(25-5-4-14-42-25)35-40(24)29(31)34-27(26)39/h4-7,14-16,18-19H,8-13,17H2,1-3H3,(H2,31,34)(H,33,41)/t19-/m1/s1. The van der Waals surface area contributed by atoms with Gasteiger partial charge in [-0.2, -0.15) is 14.6 Å². The van der Waals surface area contributed by atoms with E-state index in [1.165, 1.54) is 6.07 Å².